The average molecular weight is 670 g/mol. The van der Waals surface area contributed by atoms with E-state index in [1.807, 2.05) is 21.4 Å². The molecule has 0 saturated carbocycles. The number of carboxylic acids is 1. The van der Waals surface area contributed by atoms with Crippen LogP contribution in [0.3, 0.4) is 0 Å². The van der Waals surface area contributed by atoms with Gasteiger partial charge in [0, 0.05) is 20.1 Å². The summed E-state index contributed by atoms with van der Waals surface area (Å²) >= 11 is 0. The SMILES string of the molecule is CCOc1cc(C(=O)O)cc2c1nc(CN1CCN(c3cccc4c3O[C@](C)(c3ccc(C(F)(F)F)cc3F)O4)C=N1)n2C[C@@H]1CCO1. The summed E-state index contributed by atoms with van der Waals surface area (Å²) in [7, 11) is 0. The minimum Gasteiger partial charge on any atom is -0.492 e. The van der Waals surface area contributed by atoms with Gasteiger partial charge in [-0.2, -0.15) is 18.3 Å². The molecule has 3 aliphatic heterocycles. The molecule has 15 heteroatoms. The number of rotatable bonds is 9. The first-order chi connectivity index (χ1) is 22.9. The van der Waals surface area contributed by atoms with Crippen LogP contribution in [0, 0.1) is 5.82 Å². The van der Waals surface area contributed by atoms with Crippen molar-refractivity contribution in [3.05, 3.63) is 76.9 Å². The second-order valence-electron chi connectivity index (χ2n) is 11.8. The van der Waals surface area contributed by atoms with Gasteiger partial charge in [0.25, 0.3) is 5.79 Å². The summed E-state index contributed by atoms with van der Waals surface area (Å²) in [6.07, 6.45) is -2.21. The van der Waals surface area contributed by atoms with Crippen molar-refractivity contribution in [3.63, 3.8) is 0 Å². The number of carboxylic acid groups (broad SMARTS) is 1. The van der Waals surface area contributed by atoms with E-state index in [9.17, 15) is 27.5 Å². The van der Waals surface area contributed by atoms with Crippen molar-refractivity contribution in [2.24, 2.45) is 5.10 Å². The maximum atomic E-state index is 14.9. The van der Waals surface area contributed by atoms with E-state index in [4.69, 9.17) is 23.9 Å². The molecule has 11 nitrogen and oxygen atoms in total. The molecule has 48 heavy (non-hydrogen) atoms. The number of alkyl halides is 3. The number of carbonyl (C=O) groups is 1. The van der Waals surface area contributed by atoms with Crippen molar-refractivity contribution in [2.45, 2.75) is 51.4 Å². The molecule has 4 heterocycles. The number of nitrogens with zero attached hydrogens (tertiary/aromatic N) is 5. The number of halogens is 4. The zero-order valence-corrected chi connectivity index (χ0v) is 26.0. The molecule has 1 saturated heterocycles. The number of anilines is 1. The van der Waals surface area contributed by atoms with Crippen molar-refractivity contribution in [2.75, 3.05) is 31.2 Å². The Hall–Kier alpha value is -5.05. The van der Waals surface area contributed by atoms with Crippen molar-refractivity contribution < 1.29 is 46.4 Å². The molecular formula is C33H31F4N5O6. The molecule has 0 amide bonds. The van der Waals surface area contributed by atoms with Crippen molar-refractivity contribution in [3.8, 4) is 17.2 Å². The van der Waals surface area contributed by atoms with E-state index in [-0.39, 0.29) is 17.2 Å². The van der Waals surface area contributed by atoms with Gasteiger partial charge in [0.1, 0.15) is 29.2 Å². The molecule has 1 fully saturated rings. The molecular weight excluding hydrogens is 638 g/mol. The van der Waals surface area contributed by atoms with Crippen molar-refractivity contribution in [1.29, 1.82) is 0 Å². The van der Waals surface area contributed by atoms with E-state index in [2.05, 4.69) is 5.10 Å². The number of aromatic nitrogens is 2. The maximum Gasteiger partial charge on any atom is 0.416 e. The van der Waals surface area contributed by atoms with Crippen molar-refractivity contribution in [1.82, 2.24) is 14.6 Å². The molecule has 0 bridgehead atoms. The zero-order valence-electron chi connectivity index (χ0n) is 26.0. The molecule has 252 valence electrons. The number of benzene rings is 3. The second-order valence-corrected chi connectivity index (χ2v) is 11.8. The molecule has 0 aliphatic carbocycles. The van der Waals surface area contributed by atoms with Crippen LogP contribution in [0.4, 0.5) is 23.2 Å². The summed E-state index contributed by atoms with van der Waals surface area (Å²) in [6.45, 7) is 6.02. The van der Waals surface area contributed by atoms with E-state index in [1.165, 1.54) is 13.0 Å². The van der Waals surface area contributed by atoms with E-state index >= 15 is 0 Å². The minimum absolute atomic E-state index is 0.0188. The first-order valence-electron chi connectivity index (χ1n) is 15.4. The third-order valence-corrected chi connectivity index (χ3v) is 8.56. The number of hydrazone groups is 1. The van der Waals surface area contributed by atoms with Crippen molar-refractivity contribution >= 4 is 29.0 Å². The largest absolute Gasteiger partial charge is 0.492 e. The molecule has 0 unspecified atom stereocenters. The lowest BCUT2D eigenvalue weighted by Gasteiger charge is -2.31. The molecule has 0 radical (unpaired) electrons. The third kappa shape index (κ3) is 5.71. The first-order valence-corrected chi connectivity index (χ1v) is 15.4. The predicted octanol–water partition coefficient (Wildman–Crippen LogP) is 5.99. The van der Waals surface area contributed by atoms with Gasteiger partial charge >= 0.3 is 12.1 Å². The van der Waals surface area contributed by atoms with Crippen LogP contribution in [0.2, 0.25) is 0 Å². The lowest BCUT2D eigenvalue weighted by atomic mass is 10.0. The van der Waals surface area contributed by atoms with Crippen LogP contribution < -0.4 is 19.1 Å². The second kappa shape index (κ2) is 11.9. The Morgan fingerprint density at radius 2 is 1.96 bits per heavy atom. The topological polar surface area (TPSA) is 111 Å². The fourth-order valence-corrected chi connectivity index (χ4v) is 6.03. The Labute approximate surface area is 271 Å². The summed E-state index contributed by atoms with van der Waals surface area (Å²) in [6, 6.07) is 10.5. The number of hydrogen-bond acceptors (Lipinski definition) is 9. The quantitative estimate of drug-likeness (QED) is 0.215. The smallest absolute Gasteiger partial charge is 0.416 e. The predicted molar refractivity (Wildman–Crippen MR) is 165 cm³/mol. The highest BCUT2D eigenvalue weighted by Gasteiger charge is 2.44. The average Bonchev–Trinajstić information content (AvgIpc) is 3.55. The molecule has 0 spiro atoms. The van der Waals surface area contributed by atoms with Gasteiger partial charge in [-0.15, -0.1) is 0 Å². The number of fused-ring (bicyclic) bond motifs is 2. The van der Waals surface area contributed by atoms with E-state index in [0.717, 1.165) is 18.6 Å². The van der Waals surface area contributed by atoms with Gasteiger partial charge in [0.05, 0.1) is 60.2 Å². The monoisotopic (exact) mass is 669 g/mol. The fraction of sp³-hybridized carbons (Fsp3) is 0.364. The van der Waals surface area contributed by atoms with Gasteiger partial charge < -0.3 is 33.5 Å². The van der Waals surface area contributed by atoms with Gasteiger partial charge in [0.2, 0.25) is 0 Å². The number of aromatic carboxylic acids is 1. The lowest BCUT2D eigenvalue weighted by molar-refractivity contribution is -0.138. The maximum absolute atomic E-state index is 14.9. The summed E-state index contributed by atoms with van der Waals surface area (Å²) in [5, 5.41) is 16.2. The fourth-order valence-electron chi connectivity index (χ4n) is 6.03. The Kier molecular flexibility index (Phi) is 7.81. The Morgan fingerprint density at radius 3 is 2.60 bits per heavy atom. The number of hydrogen-bond donors (Lipinski definition) is 1. The normalized spacial score (nSPS) is 20.3. The lowest BCUT2D eigenvalue weighted by Crippen LogP contribution is -2.38. The Balaban J connectivity index is 1.13. The van der Waals surface area contributed by atoms with E-state index < -0.39 is 29.3 Å². The Morgan fingerprint density at radius 1 is 1.15 bits per heavy atom. The summed E-state index contributed by atoms with van der Waals surface area (Å²) in [4.78, 5) is 18.6. The van der Waals surface area contributed by atoms with E-state index in [1.54, 1.807) is 30.6 Å². The van der Waals surface area contributed by atoms with Gasteiger partial charge in [-0.1, -0.05) is 6.07 Å². The third-order valence-electron chi connectivity index (χ3n) is 8.56. The van der Waals surface area contributed by atoms with Gasteiger partial charge in [-0.05, 0) is 55.8 Å². The van der Waals surface area contributed by atoms with Crippen LogP contribution in [-0.2, 0) is 29.8 Å². The molecule has 2 atom stereocenters. The van der Waals surface area contributed by atoms with Crippen LogP contribution in [0.1, 0.15) is 47.6 Å². The molecule has 1 aromatic heterocycles. The van der Waals surface area contributed by atoms with Crippen LogP contribution >= 0.6 is 0 Å². The minimum atomic E-state index is -4.69. The molecule has 1 N–H and O–H groups in total. The highest BCUT2D eigenvalue weighted by Crippen LogP contribution is 2.50. The molecule has 7 rings (SSSR count). The standard InChI is InChI=1S/C33H31F4N5O6/c1-3-45-27-14-19(31(43)44)13-25-29(27)39-28(42(25)16-21-9-12-46-21)17-41-11-10-40(18-38-41)24-5-4-6-26-30(24)48-32(2,47-26)22-8-7-20(15-23(22)34)33(35,36)37/h4-8,13-15,18,21H,3,9-12,16-17H2,1-2H3,(H,43,44)/t21-,32+/m0/s1. The zero-order chi connectivity index (χ0) is 33.8. The van der Waals surface area contributed by atoms with Gasteiger partial charge in [-0.3, -0.25) is 5.01 Å². The van der Waals surface area contributed by atoms with Crippen LogP contribution in [0.25, 0.3) is 11.0 Å². The first kappa shape index (κ1) is 31.5. The summed E-state index contributed by atoms with van der Waals surface area (Å²) in [5.74, 6) is -2.20. The van der Waals surface area contributed by atoms with Crippen LogP contribution in [-0.4, -0.2) is 64.4 Å². The van der Waals surface area contributed by atoms with E-state index in [0.29, 0.717) is 85.3 Å². The number of ether oxygens (including phenoxy) is 4. The Bertz CT molecular complexity index is 1930. The highest BCUT2D eigenvalue weighted by atomic mass is 19.4. The van der Waals surface area contributed by atoms with Crippen LogP contribution in [0.5, 0.6) is 17.2 Å². The highest BCUT2D eigenvalue weighted by molar-refractivity contribution is 5.95. The molecule has 3 aliphatic rings. The number of imidazole rings is 1. The molecule has 4 aromatic rings. The molecule has 3 aromatic carbocycles. The summed E-state index contributed by atoms with van der Waals surface area (Å²) < 4.78 is 79.8. The summed E-state index contributed by atoms with van der Waals surface area (Å²) in [5.41, 5.74) is 0.598. The number of para-hydroxylation sites is 1. The van der Waals surface area contributed by atoms with Gasteiger partial charge in [-0.25, -0.2) is 14.2 Å². The van der Waals surface area contributed by atoms with Gasteiger partial charge in [0.15, 0.2) is 11.5 Å². The van der Waals surface area contributed by atoms with Crippen LogP contribution in [0.15, 0.2) is 53.6 Å².